The first-order chi connectivity index (χ1) is 12.8. The third kappa shape index (κ3) is 3.06. The van der Waals surface area contributed by atoms with Crippen molar-refractivity contribution < 1.29 is 27.5 Å². The van der Waals surface area contributed by atoms with Crippen molar-refractivity contribution in [1.82, 2.24) is 9.97 Å². The van der Waals surface area contributed by atoms with Gasteiger partial charge < -0.3 is 10.1 Å². The maximum Gasteiger partial charge on any atom is 0.124 e. The maximum absolute atomic E-state index is 10.2. The van der Waals surface area contributed by atoms with E-state index in [-0.39, 0.29) is 28.1 Å². The molecule has 0 spiro atoms. The monoisotopic (exact) mass is 531 g/mol. The van der Waals surface area contributed by atoms with Gasteiger partial charge in [-0.05, 0) is 23.6 Å². The van der Waals surface area contributed by atoms with Gasteiger partial charge in [-0.15, -0.1) is 29.8 Å². The van der Waals surface area contributed by atoms with Crippen molar-refractivity contribution in [2.75, 3.05) is 0 Å². The molecular formula is C23H14AuN2O-2. The van der Waals surface area contributed by atoms with Crippen LogP contribution in [-0.2, 0) is 22.4 Å². The van der Waals surface area contributed by atoms with Crippen LogP contribution in [0.25, 0.3) is 44.2 Å². The smallest absolute Gasteiger partial charge is 0.124 e. The van der Waals surface area contributed by atoms with Gasteiger partial charge in [-0.3, -0.25) is 4.98 Å². The van der Waals surface area contributed by atoms with Gasteiger partial charge in [0.15, 0.2) is 0 Å². The average Bonchev–Trinajstić information content (AvgIpc) is 3.22. The minimum Gasteiger partial charge on any atom is -0.699 e. The van der Waals surface area contributed by atoms with Crippen molar-refractivity contribution in [3.63, 3.8) is 0 Å². The van der Waals surface area contributed by atoms with Gasteiger partial charge in [0.1, 0.15) is 5.75 Å². The Bertz CT molecular complexity index is 1250. The molecule has 1 radical (unpaired) electrons. The zero-order valence-corrected chi connectivity index (χ0v) is 16.3. The Kier molecular flexibility index (Phi) is 4.58. The van der Waals surface area contributed by atoms with E-state index in [9.17, 15) is 5.11 Å². The van der Waals surface area contributed by atoms with E-state index < -0.39 is 0 Å². The molecule has 4 heteroatoms. The van der Waals surface area contributed by atoms with E-state index in [4.69, 9.17) is 4.98 Å². The van der Waals surface area contributed by atoms with E-state index >= 15 is 0 Å². The number of phenols is 1. The Labute approximate surface area is 172 Å². The molecule has 0 aliphatic carbocycles. The molecule has 0 aliphatic heterocycles. The van der Waals surface area contributed by atoms with Gasteiger partial charge in [0.2, 0.25) is 0 Å². The van der Waals surface area contributed by atoms with Crippen LogP contribution in [0.5, 0.6) is 5.75 Å². The minimum absolute atomic E-state index is 0. The number of aromatic nitrogens is 2. The fourth-order valence-corrected chi connectivity index (χ4v) is 3.27. The second kappa shape index (κ2) is 7.05. The predicted octanol–water partition coefficient (Wildman–Crippen LogP) is 5.18. The van der Waals surface area contributed by atoms with Crippen LogP contribution >= 0.6 is 0 Å². The maximum atomic E-state index is 10.2. The molecule has 1 N–H and O–H groups in total. The molecule has 5 rings (SSSR count). The largest absolute Gasteiger partial charge is 0.699 e. The van der Waals surface area contributed by atoms with Crippen LogP contribution in [0, 0.1) is 6.07 Å². The zero-order valence-electron chi connectivity index (χ0n) is 14.1. The first-order valence-electron chi connectivity index (χ1n) is 8.42. The summed E-state index contributed by atoms with van der Waals surface area (Å²) in [5, 5.41) is 13.2. The number of para-hydroxylation sites is 1. The van der Waals surface area contributed by atoms with E-state index in [0.717, 1.165) is 44.2 Å². The molecule has 5 aromatic rings. The van der Waals surface area contributed by atoms with E-state index in [1.54, 1.807) is 12.3 Å². The zero-order chi connectivity index (χ0) is 17.5. The topological polar surface area (TPSA) is 47.2 Å². The molecule has 0 unspecified atom stereocenters. The van der Waals surface area contributed by atoms with Gasteiger partial charge in [0, 0.05) is 33.5 Å². The van der Waals surface area contributed by atoms with Crippen LogP contribution in [0.2, 0.25) is 0 Å². The molecule has 2 heterocycles. The molecule has 3 aromatic carbocycles. The normalized spacial score (nSPS) is 10.8. The van der Waals surface area contributed by atoms with Crippen molar-refractivity contribution >= 4 is 21.7 Å². The Balaban J connectivity index is 0.00000180. The van der Waals surface area contributed by atoms with Gasteiger partial charge >= 0.3 is 0 Å². The molecule has 0 fully saturated rings. The molecular weight excluding hydrogens is 517 g/mol. The van der Waals surface area contributed by atoms with Gasteiger partial charge in [0.25, 0.3) is 0 Å². The molecule has 0 atom stereocenters. The molecule has 2 aromatic heterocycles. The van der Waals surface area contributed by atoms with Gasteiger partial charge in [-0.1, -0.05) is 47.2 Å². The number of fused-ring (bicyclic) bond motifs is 3. The quantitative estimate of drug-likeness (QED) is 0.194. The minimum atomic E-state index is 0. The van der Waals surface area contributed by atoms with Crippen LogP contribution in [-0.4, -0.2) is 10.1 Å². The van der Waals surface area contributed by atoms with Crippen LogP contribution in [0.15, 0.2) is 79.0 Å². The molecule has 0 amide bonds. The number of benzene rings is 3. The summed E-state index contributed by atoms with van der Waals surface area (Å²) < 4.78 is 0. The SMILES string of the molecule is Oc1ccccc1-c1ccc2ccc3ccc(-c4ccc[n-]4)[c-]c3c2n1.[Au]. The number of rotatable bonds is 2. The van der Waals surface area contributed by atoms with Crippen LogP contribution < -0.4 is 4.98 Å². The summed E-state index contributed by atoms with van der Waals surface area (Å²) in [5.41, 5.74) is 4.19. The van der Waals surface area contributed by atoms with Crippen molar-refractivity contribution in [3.8, 4) is 28.3 Å². The second-order valence-corrected chi connectivity index (χ2v) is 6.21. The summed E-state index contributed by atoms with van der Waals surface area (Å²) >= 11 is 0. The molecule has 135 valence electrons. The number of pyridine rings is 1. The van der Waals surface area contributed by atoms with E-state index in [1.165, 1.54) is 0 Å². The summed E-state index contributed by atoms with van der Waals surface area (Å²) in [4.78, 5) is 9.21. The first kappa shape index (κ1) is 17.6. The summed E-state index contributed by atoms with van der Waals surface area (Å²) in [7, 11) is 0. The third-order valence-corrected chi connectivity index (χ3v) is 4.59. The van der Waals surface area contributed by atoms with E-state index in [0.29, 0.717) is 0 Å². The Morgan fingerprint density at radius 2 is 1.59 bits per heavy atom. The summed E-state index contributed by atoms with van der Waals surface area (Å²) in [5.74, 6) is 0.227. The fraction of sp³-hybridized carbons (Fsp3) is 0. The van der Waals surface area contributed by atoms with E-state index in [2.05, 4.69) is 29.2 Å². The summed E-state index contributed by atoms with van der Waals surface area (Å²) in [6.45, 7) is 0. The van der Waals surface area contributed by atoms with Gasteiger partial charge in [0.05, 0.1) is 5.69 Å². The molecule has 27 heavy (non-hydrogen) atoms. The van der Waals surface area contributed by atoms with Crippen molar-refractivity contribution in [2.24, 2.45) is 0 Å². The second-order valence-electron chi connectivity index (χ2n) is 6.21. The Morgan fingerprint density at radius 3 is 2.41 bits per heavy atom. The first-order valence-corrected chi connectivity index (χ1v) is 8.42. The van der Waals surface area contributed by atoms with Crippen LogP contribution in [0.1, 0.15) is 0 Å². The molecule has 0 aliphatic rings. The molecule has 0 saturated carbocycles. The predicted molar refractivity (Wildman–Crippen MR) is 104 cm³/mol. The van der Waals surface area contributed by atoms with Crippen LogP contribution in [0.3, 0.4) is 0 Å². The van der Waals surface area contributed by atoms with Gasteiger partial charge in [-0.2, -0.15) is 6.20 Å². The number of nitrogens with zero attached hydrogens (tertiary/aromatic N) is 2. The summed E-state index contributed by atoms with van der Waals surface area (Å²) in [6.07, 6.45) is 1.78. The molecule has 0 saturated heterocycles. The van der Waals surface area contributed by atoms with E-state index in [1.807, 2.05) is 48.5 Å². The molecule has 3 nitrogen and oxygen atoms in total. The third-order valence-electron chi connectivity index (χ3n) is 4.59. The standard InChI is InChI=1S/C23H14N2O.Au/c26-22-6-2-1-4-18(22)21-12-11-16-9-7-15-8-10-17(20-5-3-13-24-20)14-19(15)23(16)25-21;/h1-13H,(H,25,26);/q-2;. The van der Waals surface area contributed by atoms with Crippen molar-refractivity contribution in [1.29, 1.82) is 0 Å². The Hall–Kier alpha value is -2.85. The Morgan fingerprint density at radius 1 is 0.815 bits per heavy atom. The van der Waals surface area contributed by atoms with Gasteiger partial charge in [-0.25, -0.2) is 5.69 Å². The number of hydrogen-bond acceptors (Lipinski definition) is 2. The summed E-state index contributed by atoms with van der Waals surface area (Å²) in [6, 6.07) is 26.8. The average molecular weight is 531 g/mol. The number of phenolic OH excluding ortho intramolecular Hbond substituents is 1. The molecule has 0 bridgehead atoms. The van der Waals surface area contributed by atoms with Crippen molar-refractivity contribution in [3.05, 3.63) is 85.1 Å². The fourth-order valence-electron chi connectivity index (χ4n) is 3.27. The van der Waals surface area contributed by atoms with Crippen LogP contribution in [0.4, 0.5) is 0 Å². The van der Waals surface area contributed by atoms with Crippen molar-refractivity contribution in [2.45, 2.75) is 0 Å². The number of aromatic hydroxyl groups is 1. The number of hydrogen-bond donors (Lipinski definition) is 1.